The standard InChI is InChI=1S/C18H24ClN5O2/c1-26-18-22-16(20-15(12-25)13-6-8-14(19)9-7-13)21-17(23-18)24-10-4-2-3-5-11-24/h6-9,15,25H,2-5,10-12H2,1H3,(H,20,21,22,23). The number of aliphatic hydroxyl groups is 1. The molecule has 2 heterocycles. The minimum absolute atomic E-state index is 0.103. The third-order valence-corrected chi connectivity index (χ3v) is 4.68. The second-order valence-corrected chi connectivity index (χ2v) is 6.71. The number of benzene rings is 1. The van der Waals surface area contributed by atoms with Crippen molar-refractivity contribution < 1.29 is 9.84 Å². The topological polar surface area (TPSA) is 83.4 Å². The molecule has 0 spiro atoms. The maximum absolute atomic E-state index is 9.78. The van der Waals surface area contributed by atoms with Gasteiger partial charge in [-0.2, -0.15) is 15.0 Å². The third-order valence-electron chi connectivity index (χ3n) is 4.43. The highest BCUT2D eigenvalue weighted by Gasteiger charge is 2.18. The lowest BCUT2D eigenvalue weighted by Gasteiger charge is -2.22. The molecule has 0 amide bonds. The number of nitrogens with one attached hydrogen (secondary N) is 1. The van der Waals surface area contributed by atoms with Crippen molar-refractivity contribution in [2.24, 2.45) is 0 Å². The zero-order chi connectivity index (χ0) is 18.4. The molecular weight excluding hydrogens is 354 g/mol. The van der Waals surface area contributed by atoms with Crippen LogP contribution in [0.1, 0.15) is 37.3 Å². The molecule has 1 aromatic heterocycles. The van der Waals surface area contributed by atoms with Crippen molar-refractivity contribution in [3.63, 3.8) is 0 Å². The highest BCUT2D eigenvalue weighted by molar-refractivity contribution is 6.30. The van der Waals surface area contributed by atoms with Crippen LogP contribution in [0.2, 0.25) is 5.02 Å². The van der Waals surface area contributed by atoms with Gasteiger partial charge in [-0.05, 0) is 30.5 Å². The van der Waals surface area contributed by atoms with Crippen molar-refractivity contribution in [1.29, 1.82) is 0 Å². The Balaban J connectivity index is 1.83. The first-order valence-corrected chi connectivity index (χ1v) is 9.25. The van der Waals surface area contributed by atoms with Gasteiger partial charge in [-0.15, -0.1) is 0 Å². The number of aromatic nitrogens is 3. The van der Waals surface area contributed by atoms with Gasteiger partial charge in [-0.1, -0.05) is 36.6 Å². The van der Waals surface area contributed by atoms with Crippen molar-refractivity contribution in [3.05, 3.63) is 34.9 Å². The molecule has 2 aromatic rings. The molecule has 0 radical (unpaired) electrons. The summed E-state index contributed by atoms with van der Waals surface area (Å²) in [6.45, 7) is 1.75. The molecule has 1 aliphatic heterocycles. The Kier molecular flexibility index (Phi) is 6.46. The van der Waals surface area contributed by atoms with Crippen molar-refractivity contribution in [2.75, 3.05) is 37.0 Å². The second-order valence-electron chi connectivity index (χ2n) is 6.28. The molecule has 8 heteroatoms. The highest BCUT2D eigenvalue weighted by atomic mass is 35.5. The molecule has 1 unspecified atom stereocenters. The van der Waals surface area contributed by atoms with Crippen LogP contribution >= 0.6 is 11.6 Å². The van der Waals surface area contributed by atoms with Crippen LogP contribution in [0.4, 0.5) is 11.9 Å². The molecule has 0 bridgehead atoms. The van der Waals surface area contributed by atoms with Gasteiger partial charge in [0.1, 0.15) is 0 Å². The lowest BCUT2D eigenvalue weighted by atomic mass is 10.1. The van der Waals surface area contributed by atoms with Crippen LogP contribution in [-0.4, -0.2) is 46.9 Å². The summed E-state index contributed by atoms with van der Waals surface area (Å²) in [5.74, 6) is 0.985. The number of aliphatic hydroxyl groups excluding tert-OH is 1. The zero-order valence-corrected chi connectivity index (χ0v) is 15.6. The van der Waals surface area contributed by atoms with Crippen LogP contribution in [-0.2, 0) is 0 Å². The van der Waals surface area contributed by atoms with Gasteiger partial charge in [0.05, 0.1) is 19.8 Å². The maximum Gasteiger partial charge on any atom is 0.322 e. The van der Waals surface area contributed by atoms with Crippen molar-refractivity contribution >= 4 is 23.5 Å². The molecule has 1 saturated heterocycles. The van der Waals surface area contributed by atoms with E-state index in [1.807, 2.05) is 12.1 Å². The first kappa shape index (κ1) is 18.7. The average molecular weight is 378 g/mol. The van der Waals surface area contributed by atoms with Crippen LogP contribution in [0.3, 0.4) is 0 Å². The molecule has 1 aliphatic rings. The van der Waals surface area contributed by atoms with Crippen molar-refractivity contribution in [3.8, 4) is 6.01 Å². The number of ether oxygens (including phenoxy) is 1. The fourth-order valence-electron chi connectivity index (χ4n) is 3.00. The number of methoxy groups -OCH3 is 1. The first-order valence-electron chi connectivity index (χ1n) is 8.87. The average Bonchev–Trinajstić information content (AvgIpc) is 2.96. The summed E-state index contributed by atoms with van der Waals surface area (Å²) < 4.78 is 5.25. The summed E-state index contributed by atoms with van der Waals surface area (Å²) in [6, 6.07) is 7.22. The molecule has 1 aromatic carbocycles. The number of hydrogen-bond acceptors (Lipinski definition) is 7. The molecule has 26 heavy (non-hydrogen) atoms. The smallest absolute Gasteiger partial charge is 0.322 e. The van der Waals surface area contributed by atoms with E-state index in [0.717, 1.165) is 31.5 Å². The fraction of sp³-hybridized carbons (Fsp3) is 0.500. The van der Waals surface area contributed by atoms with E-state index in [4.69, 9.17) is 16.3 Å². The second kappa shape index (κ2) is 9.00. The van der Waals surface area contributed by atoms with Gasteiger partial charge in [0, 0.05) is 18.1 Å². The van der Waals surface area contributed by atoms with E-state index in [0.29, 0.717) is 16.9 Å². The van der Waals surface area contributed by atoms with Crippen LogP contribution in [0.25, 0.3) is 0 Å². The lowest BCUT2D eigenvalue weighted by Crippen LogP contribution is -2.27. The normalized spacial score (nSPS) is 16.0. The number of hydrogen-bond donors (Lipinski definition) is 2. The Morgan fingerprint density at radius 3 is 2.42 bits per heavy atom. The maximum atomic E-state index is 9.78. The first-order chi connectivity index (χ1) is 12.7. The van der Waals surface area contributed by atoms with E-state index in [2.05, 4.69) is 25.2 Å². The van der Waals surface area contributed by atoms with Crippen LogP contribution in [0.5, 0.6) is 6.01 Å². The van der Waals surface area contributed by atoms with Crippen molar-refractivity contribution in [1.82, 2.24) is 15.0 Å². The minimum Gasteiger partial charge on any atom is -0.467 e. The summed E-state index contributed by atoms with van der Waals surface area (Å²) in [5.41, 5.74) is 0.896. The molecule has 2 N–H and O–H groups in total. The Hall–Kier alpha value is -2.12. The molecule has 7 nitrogen and oxygen atoms in total. The lowest BCUT2D eigenvalue weighted by molar-refractivity contribution is 0.275. The summed E-state index contributed by atoms with van der Waals surface area (Å²) >= 11 is 5.94. The molecule has 140 valence electrons. The Labute approximate surface area is 158 Å². The highest BCUT2D eigenvalue weighted by Crippen LogP contribution is 2.23. The number of rotatable bonds is 6. The molecule has 1 atom stereocenters. The van der Waals surface area contributed by atoms with Gasteiger partial charge >= 0.3 is 6.01 Å². The predicted molar refractivity (Wildman–Crippen MR) is 102 cm³/mol. The number of nitrogens with zero attached hydrogens (tertiary/aromatic N) is 4. The van der Waals surface area contributed by atoms with Gasteiger partial charge in [-0.3, -0.25) is 0 Å². The van der Waals surface area contributed by atoms with E-state index in [9.17, 15) is 5.11 Å². The van der Waals surface area contributed by atoms with Crippen LogP contribution in [0, 0.1) is 0 Å². The molecular formula is C18H24ClN5O2. The number of anilines is 2. The summed E-state index contributed by atoms with van der Waals surface area (Å²) in [4.78, 5) is 15.4. The zero-order valence-electron chi connectivity index (χ0n) is 14.9. The third kappa shape index (κ3) is 4.74. The fourth-order valence-corrected chi connectivity index (χ4v) is 3.13. The van der Waals surface area contributed by atoms with E-state index >= 15 is 0 Å². The van der Waals surface area contributed by atoms with E-state index in [1.165, 1.54) is 20.0 Å². The van der Waals surface area contributed by atoms with Crippen LogP contribution < -0.4 is 15.0 Å². The largest absolute Gasteiger partial charge is 0.467 e. The van der Waals surface area contributed by atoms with Gasteiger partial charge < -0.3 is 20.1 Å². The summed E-state index contributed by atoms with van der Waals surface area (Å²) in [5, 5.41) is 13.6. The summed E-state index contributed by atoms with van der Waals surface area (Å²) in [7, 11) is 1.54. The monoisotopic (exact) mass is 377 g/mol. The minimum atomic E-state index is -0.351. The Bertz CT molecular complexity index is 705. The molecule has 3 rings (SSSR count). The predicted octanol–water partition coefficient (Wildman–Crippen LogP) is 3.06. The van der Waals surface area contributed by atoms with Gasteiger partial charge in [0.2, 0.25) is 11.9 Å². The number of halogens is 1. The van der Waals surface area contributed by atoms with E-state index in [1.54, 1.807) is 12.1 Å². The quantitative estimate of drug-likeness (QED) is 0.800. The Morgan fingerprint density at radius 2 is 1.81 bits per heavy atom. The van der Waals surface area contributed by atoms with Gasteiger partial charge in [0.25, 0.3) is 0 Å². The summed E-state index contributed by atoms with van der Waals surface area (Å²) in [6.07, 6.45) is 4.71. The Morgan fingerprint density at radius 1 is 1.12 bits per heavy atom. The molecule has 0 aliphatic carbocycles. The van der Waals surface area contributed by atoms with E-state index in [-0.39, 0.29) is 18.7 Å². The van der Waals surface area contributed by atoms with E-state index < -0.39 is 0 Å². The van der Waals surface area contributed by atoms with Gasteiger partial charge in [0.15, 0.2) is 0 Å². The van der Waals surface area contributed by atoms with Gasteiger partial charge in [-0.25, -0.2) is 0 Å². The SMILES string of the molecule is COc1nc(NC(CO)c2ccc(Cl)cc2)nc(N2CCCCCC2)n1. The molecule has 0 saturated carbocycles. The van der Waals surface area contributed by atoms with Crippen molar-refractivity contribution in [2.45, 2.75) is 31.7 Å². The molecule has 1 fully saturated rings. The van der Waals surface area contributed by atoms with Crippen LogP contribution in [0.15, 0.2) is 24.3 Å².